The van der Waals surface area contributed by atoms with Gasteiger partial charge in [-0.3, -0.25) is 0 Å². The van der Waals surface area contributed by atoms with E-state index >= 15 is 0 Å². The Morgan fingerprint density at radius 3 is 3.40 bits per heavy atom. The molecule has 0 aliphatic carbocycles. The minimum absolute atomic E-state index is 0.398. The number of aromatic amines is 2. The van der Waals surface area contributed by atoms with Crippen molar-refractivity contribution in [3.05, 3.63) is 23.7 Å². The maximum Gasteiger partial charge on any atom is 0.395 e. The van der Waals surface area contributed by atoms with E-state index in [1.54, 1.807) is 6.20 Å². The van der Waals surface area contributed by atoms with Crippen LogP contribution in [0.25, 0.3) is 11.0 Å². The molecule has 2 rings (SSSR count). The van der Waals surface area contributed by atoms with Gasteiger partial charge in [0.05, 0.1) is 5.39 Å². The van der Waals surface area contributed by atoms with Crippen molar-refractivity contribution in [3.8, 4) is 0 Å². The van der Waals surface area contributed by atoms with E-state index in [2.05, 4.69) is 15.0 Å². The molecule has 4 heteroatoms. The average Bonchev–Trinajstić information content (AvgIpc) is 2.33. The molecule has 50 valence electrons. The topological polar surface area (TPSA) is 42.8 Å². The van der Waals surface area contributed by atoms with Crippen molar-refractivity contribution in [3.63, 3.8) is 0 Å². The second-order valence-corrected chi connectivity index (χ2v) is 2.33. The summed E-state index contributed by atoms with van der Waals surface area (Å²) >= 11 is 5.59. The first-order chi connectivity index (χ1) is 4.86. The number of rotatable bonds is 0. The molecular formula is C6H5ClN3+. The van der Waals surface area contributed by atoms with E-state index in [1.165, 1.54) is 0 Å². The van der Waals surface area contributed by atoms with Gasteiger partial charge in [0.25, 0.3) is 5.65 Å². The summed E-state index contributed by atoms with van der Waals surface area (Å²) in [5.74, 6) is 0. The van der Waals surface area contributed by atoms with Crippen LogP contribution in [-0.2, 0) is 0 Å². The number of H-pyrrole nitrogens is 2. The highest BCUT2D eigenvalue weighted by molar-refractivity contribution is 6.27. The third-order valence-electron chi connectivity index (χ3n) is 1.31. The van der Waals surface area contributed by atoms with Gasteiger partial charge in [0.15, 0.2) is 0 Å². The first-order valence-electron chi connectivity index (χ1n) is 2.87. The molecule has 0 fully saturated rings. The lowest BCUT2D eigenvalue weighted by Crippen LogP contribution is -2.03. The molecule has 3 nitrogen and oxygen atoms in total. The maximum atomic E-state index is 5.59. The smallest absolute Gasteiger partial charge is 0.325 e. The van der Waals surface area contributed by atoms with Gasteiger partial charge < -0.3 is 4.98 Å². The average molecular weight is 155 g/mol. The van der Waals surface area contributed by atoms with Crippen LogP contribution < -0.4 is 4.98 Å². The van der Waals surface area contributed by atoms with Crippen LogP contribution in [0.3, 0.4) is 0 Å². The summed E-state index contributed by atoms with van der Waals surface area (Å²) in [4.78, 5) is 9.73. The highest BCUT2D eigenvalue weighted by atomic mass is 35.5. The molecule has 0 spiro atoms. The Kier molecular flexibility index (Phi) is 1.11. The van der Waals surface area contributed by atoms with Gasteiger partial charge in [-0.1, -0.05) is 0 Å². The van der Waals surface area contributed by atoms with Crippen molar-refractivity contribution in [2.75, 3.05) is 0 Å². The molecule has 0 saturated heterocycles. The second kappa shape index (κ2) is 1.95. The maximum absolute atomic E-state index is 5.59. The monoisotopic (exact) mass is 154 g/mol. The molecule has 0 aliphatic rings. The van der Waals surface area contributed by atoms with Crippen LogP contribution in [0.15, 0.2) is 18.5 Å². The zero-order valence-corrected chi connectivity index (χ0v) is 5.81. The predicted octanol–water partition coefficient (Wildman–Crippen LogP) is 1.03. The van der Waals surface area contributed by atoms with E-state index in [0.29, 0.717) is 5.28 Å². The first kappa shape index (κ1) is 5.68. The molecule has 0 aliphatic heterocycles. The first-order valence-corrected chi connectivity index (χ1v) is 3.25. The van der Waals surface area contributed by atoms with Gasteiger partial charge in [-0.05, 0) is 11.1 Å². The fourth-order valence-electron chi connectivity index (χ4n) is 0.854. The fourth-order valence-corrected chi connectivity index (χ4v) is 0.993. The lowest BCUT2D eigenvalue weighted by molar-refractivity contribution is -0.377. The van der Waals surface area contributed by atoms with Crippen LogP contribution in [0.1, 0.15) is 0 Å². The van der Waals surface area contributed by atoms with Gasteiger partial charge in [0.1, 0.15) is 6.20 Å². The summed E-state index contributed by atoms with van der Waals surface area (Å²) in [5.41, 5.74) is 0.809. The van der Waals surface area contributed by atoms with Gasteiger partial charge in [0, 0.05) is 17.8 Å². The van der Waals surface area contributed by atoms with Crippen molar-refractivity contribution in [1.29, 1.82) is 0 Å². The largest absolute Gasteiger partial charge is 0.395 e. The third kappa shape index (κ3) is 0.752. The lowest BCUT2D eigenvalue weighted by Gasteiger charge is -1.77. The Hall–Kier alpha value is -1.09. The molecule has 0 unspecified atom stereocenters. The van der Waals surface area contributed by atoms with Crippen LogP contribution in [0.5, 0.6) is 0 Å². The van der Waals surface area contributed by atoms with Crippen molar-refractivity contribution in [2.24, 2.45) is 0 Å². The lowest BCUT2D eigenvalue weighted by atomic mass is 10.4. The molecule has 2 N–H and O–H groups in total. The summed E-state index contributed by atoms with van der Waals surface area (Å²) in [7, 11) is 0. The molecule has 2 aromatic heterocycles. The second-order valence-electron chi connectivity index (χ2n) is 1.97. The highest BCUT2D eigenvalue weighted by Crippen LogP contribution is 2.06. The van der Waals surface area contributed by atoms with E-state index in [-0.39, 0.29) is 0 Å². The number of nitrogens with zero attached hydrogens (tertiary/aromatic N) is 1. The van der Waals surface area contributed by atoms with E-state index in [1.807, 2.05) is 12.3 Å². The highest BCUT2D eigenvalue weighted by Gasteiger charge is 2.04. The molecule has 10 heavy (non-hydrogen) atoms. The van der Waals surface area contributed by atoms with E-state index in [9.17, 15) is 0 Å². The van der Waals surface area contributed by atoms with Gasteiger partial charge in [-0.25, -0.2) is 4.98 Å². The summed E-state index contributed by atoms with van der Waals surface area (Å²) in [6.45, 7) is 0. The van der Waals surface area contributed by atoms with Gasteiger partial charge in [-0.15, -0.1) is 0 Å². The number of hydrogen-bond acceptors (Lipinski definition) is 1. The molecule has 2 heterocycles. The Morgan fingerprint density at radius 2 is 2.50 bits per heavy atom. The molecular weight excluding hydrogens is 150 g/mol. The number of halogens is 1. The zero-order chi connectivity index (χ0) is 6.97. The molecule has 0 amide bonds. The van der Waals surface area contributed by atoms with Crippen LogP contribution in [0, 0.1) is 0 Å². The minimum atomic E-state index is 0.398. The Bertz CT molecular complexity index is 355. The summed E-state index contributed by atoms with van der Waals surface area (Å²) in [5, 5.41) is 1.43. The molecule has 0 saturated carbocycles. The molecule has 0 bridgehead atoms. The number of aromatic nitrogens is 3. The van der Waals surface area contributed by atoms with E-state index < -0.39 is 0 Å². The molecule has 0 radical (unpaired) electrons. The molecule has 0 aromatic carbocycles. The summed E-state index contributed by atoms with van der Waals surface area (Å²) < 4.78 is 0. The van der Waals surface area contributed by atoms with Crippen molar-refractivity contribution in [2.45, 2.75) is 0 Å². The Morgan fingerprint density at radius 1 is 1.60 bits per heavy atom. The van der Waals surface area contributed by atoms with Crippen LogP contribution in [-0.4, -0.2) is 9.97 Å². The van der Waals surface area contributed by atoms with Crippen molar-refractivity contribution >= 4 is 22.6 Å². The van der Waals surface area contributed by atoms with Crippen LogP contribution in [0.2, 0.25) is 5.28 Å². The SMILES string of the molecule is Clc1nc2[nH]ccc2c[nH+]1. The van der Waals surface area contributed by atoms with Crippen LogP contribution >= 0.6 is 11.6 Å². The summed E-state index contributed by atoms with van der Waals surface area (Å²) in [6, 6.07) is 1.93. The third-order valence-corrected chi connectivity index (χ3v) is 1.51. The van der Waals surface area contributed by atoms with Crippen molar-refractivity contribution < 1.29 is 4.98 Å². The van der Waals surface area contributed by atoms with Crippen LogP contribution in [0.4, 0.5) is 0 Å². The van der Waals surface area contributed by atoms with Gasteiger partial charge in [0.2, 0.25) is 0 Å². The Balaban J connectivity index is 2.86. The predicted molar refractivity (Wildman–Crippen MR) is 37.7 cm³/mol. The van der Waals surface area contributed by atoms with E-state index in [4.69, 9.17) is 11.6 Å². The van der Waals surface area contributed by atoms with E-state index in [0.717, 1.165) is 11.0 Å². The van der Waals surface area contributed by atoms with Gasteiger partial charge >= 0.3 is 5.28 Å². The van der Waals surface area contributed by atoms with Crippen molar-refractivity contribution in [1.82, 2.24) is 9.97 Å². The van der Waals surface area contributed by atoms with Gasteiger partial charge in [-0.2, -0.15) is 0 Å². The number of hydrogen-bond donors (Lipinski definition) is 1. The standard InChI is InChI=1S/C6H4ClN3/c7-6-9-3-4-1-2-8-5(4)10-6/h1-3H,(H,8,9,10)/p+1. The number of fused-ring (bicyclic) bond motifs is 1. The number of nitrogens with one attached hydrogen (secondary N) is 2. The normalized spacial score (nSPS) is 10.5. The minimum Gasteiger partial charge on any atom is -0.325 e. The Labute approximate surface area is 62.1 Å². The summed E-state index contributed by atoms with van der Waals surface area (Å²) in [6.07, 6.45) is 3.63. The quantitative estimate of drug-likeness (QED) is 0.566. The fraction of sp³-hybridized carbons (Fsp3) is 0. The molecule has 2 aromatic rings. The molecule has 0 atom stereocenters. The zero-order valence-electron chi connectivity index (χ0n) is 5.06.